The van der Waals surface area contributed by atoms with Crippen molar-refractivity contribution < 1.29 is 0 Å². The van der Waals surface area contributed by atoms with Crippen LogP contribution < -0.4 is 4.90 Å². The number of nitrogens with zero attached hydrogens (tertiary/aromatic N) is 1. The normalized spacial score (nSPS) is 12.6. The monoisotopic (exact) mass is 715 g/mol. The number of anilines is 3. The van der Waals surface area contributed by atoms with Gasteiger partial charge >= 0.3 is 0 Å². The van der Waals surface area contributed by atoms with Gasteiger partial charge in [0.2, 0.25) is 0 Å². The minimum atomic E-state index is -0.0423. The summed E-state index contributed by atoms with van der Waals surface area (Å²) < 4.78 is 0. The van der Waals surface area contributed by atoms with E-state index in [-0.39, 0.29) is 5.41 Å². The van der Waals surface area contributed by atoms with Gasteiger partial charge in [-0.2, -0.15) is 0 Å². The van der Waals surface area contributed by atoms with Crippen molar-refractivity contribution >= 4 is 27.8 Å². The first-order chi connectivity index (χ1) is 27.5. The predicted molar refractivity (Wildman–Crippen MR) is 238 cm³/mol. The van der Waals surface area contributed by atoms with E-state index in [0.717, 1.165) is 17.1 Å². The van der Waals surface area contributed by atoms with E-state index >= 15 is 0 Å². The van der Waals surface area contributed by atoms with Gasteiger partial charge in [-0.1, -0.05) is 178 Å². The Hall–Kier alpha value is -6.96. The molecule has 9 aromatic rings. The smallest absolute Gasteiger partial charge is 0.0467 e. The van der Waals surface area contributed by atoms with Gasteiger partial charge in [-0.15, -0.1) is 0 Å². The molecule has 56 heavy (non-hydrogen) atoms. The molecule has 1 aliphatic rings. The van der Waals surface area contributed by atoms with Crippen LogP contribution in [-0.2, 0) is 5.41 Å². The fourth-order valence-electron chi connectivity index (χ4n) is 8.76. The third kappa shape index (κ3) is 5.90. The highest BCUT2D eigenvalue weighted by molar-refractivity contribution is 5.97. The zero-order valence-electron chi connectivity index (χ0n) is 31.7. The Bertz CT molecular complexity index is 2880. The molecule has 0 aromatic heterocycles. The molecule has 0 radical (unpaired) electrons. The second-order valence-electron chi connectivity index (χ2n) is 15.4. The zero-order chi connectivity index (χ0) is 37.6. The molecule has 0 unspecified atom stereocenters. The van der Waals surface area contributed by atoms with Crippen molar-refractivity contribution in [2.75, 3.05) is 4.90 Å². The van der Waals surface area contributed by atoms with Crippen LogP contribution in [0.4, 0.5) is 17.1 Å². The van der Waals surface area contributed by atoms with Gasteiger partial charge in [0.25, 0.3) is 0 Å². The molecule has 0 amide bonds. The Morgan fingerprint density at radius 2 is 0.804 bits per heavy atom. The van der Waals surface area contributed by atoms with Crippen LogP contribution in [0, 0.1) is 0 Å². The van der Waals surface area contributed by atoms with Crippen LogP contribution in [0.3, 0.4) is 0 Å². The lowest BCUT2D eigenvalue weighted by Gasteiger charge is -2.27. The number of hydrogen-bond acceptors (Lipinski definition) is 1. The summed E-state index contributed by atoms with van der Waals surface area (Å²) in [4.78, 5) is 2.39. The van der Waals surface area contributed by atoms with Gasteiger partial charge < -0.3 is 4.90 Å². The minimum absolute atomic E-state index is 0.0423. The van der Waals surface area contributed by atoms with Crippen LogP contribution in [0.25, 0.3) is 66.4 Å². The van der Waals surface area contributed by atoms with Crippen LogP contribution in [0.1, 0.15) is 25.0 Å². The minimum Gasteiger partial charge on any atom is -0.310 e. The molecule has 1 heteroatoms. The van der Waals surface area contributed by atoms with Crippen LogP contribution >= 0.6 is 0 Å². The molecule has 266 valence electrons. The summed E-state index contributed by atoms with van der Waals surface area (Å²) in [5.74, 6) is 0. The lowest BCUT2D eigenvalue weighted by molar-refractivity contribution is 0.660. The van der Waals surface area contributed by atoms with Crippen molar-refractivity contribution in [1.82, 2.24) is 0 Å². The highest BCUT2D eigenvalue weighted by Crippen LogP contribution is 2.49. The summed E-state index contributed by atoms with van der Waals surface area (Å²) in [6.45, 7) is 4.70. The van der Waals surface area contributed by atoms with E-state index in [9.17, 15) is 0 Å². The van der Waals surface area contributed by atoms with Gasteiger partial charge in [0.1, 0.15) is 0 Å². The zero-order valence-corrected chi connectivity index (χ0v) is 31.7. The molecule has 0 heterocycles. The first kappa shape index (κ1) is 33.6. The van der Waals surface area contributed by atoms with Gasteiger partial charge in [0.15, 0.2) is 0 Å². The van der Waals surface area contributed by atoms with E-state index in [2.05, 4.69) is 231 Å². The lowest BCUT2D eigenvalue weighted by atomic mass is 9.81. The molecular weight excluding hydrogens is 675 g/mol. The molecule has 0 spiro atoms. The van der Waals surface area contributed by atoms with E-state index < -0.39 is 0 Å². The SMILES string of the molecule is CC1(C)c2ccccc2-c2ccc(-c3ccc(N(c4cccc(-c5cccc(-c6ccccc6)c5)c4)c4cccc(-c5cccc6ccccc56)c4)cc3)cc21. The Kier molecular flexibility index (Phi) is 8.23. The van der Waals surface area contributed by atoms with Crippen LogP contribution in [0.5, 0.6) is 0 Å². The molecule has 0 N–H and O–H groups in total. The maximum Gasteiger partial charge on any atom is 0.0467 e. The third-order valence-corrected chi connectivity index (χ3v) is 11.7. The number of rotatable bonds is 7. The highest BCUT2D eigenvalue weighted by atomic mass is 15.1. The van der Waals surface area contributed by atoms with Crippen molar-refractivity contribution in [3.63, 3.8) is 0 Å². The quantitative estimate of drug-likeness (QED) is 0.159. The van der Waals surface area contributed by atoms with Crippen LogP contribution in [-0.4, -0.2) is 0 Å². The van der Waals surface area contributed by atoms with E-state index in [1.807, 2.05) is 0 Å². The molecule has 0 bridgehead atoms. The van der Waals surface area contributed by atoms with Crippen molar-refractivity contribution in [3.05, 3.63) is 223 Å². The average molecular weight is 716 g/mol. The fraction of sp³-hybridized carbons (Fsp3) is 0.0545. The van der Waals surface area contributed by atoms with Crippen molar-refractivity contribution in [2.45, 2.75) is 19.3 Å². The summed E-state index contributed by atoms with van der Waals surface area (Å²) in [5.41, 5.74) is 18.4. The third-order valence-electron chi connectivity index (χ3n) is 11.7. The number of fused-ring (bicyclic) bond motifs is 4. The topological polar surface area (TPSA) is 3.24 Å². The van der Waals surface area contributed by atoms with Crippen LogP contribution in [0.2, 0.25) is 0 Å². The van der Waals surface area contributed by atoms with Crippen molar-refractivity contribution in [2.24, 2.45) is 0 Å². The summed E-state index contributed by atoms with van der Waals surface area (Å²) in [5, 5.41) is 2.50. The molecule has 0 atom stereocenters. The van der Waals surface area contributed by atoms with E-state index in [1.165, 1.54) is 77.5 Å². The van der Waals surface area contributed by atoms with Crippen molar-refractivity contribution in [1.29, 1.82) is 0 Å². The van der Waals surface area contributed by atoms with Gasteiger partial charge in [-0.25, -0.2) is 0 Å². The largest absolute Gasteiger partial charge is 0.310 e. The second-order valence-corrected chi connectivity index (χ2v) is 15.4. The summed E-state index contributed by atoms with van der Waals surface area (Å²) in [7, 11) is 0. The van der Waals surface area contributed by atoms with E-state index in [0.29, 0.717) is 0 Å². The molecule has 9 aromatic carbocycles. The standard InChI is InChI=1S/C55H41N/c1-55(2)53-27-9-8-25-51(53)52-33-30-44(37-54(52)55)39-28-31-46(32-29-39)56(48-23-12-21-45(36-48)50-26-13-17-40-16-6-7-24-49(40)50)47-22-11-20-43(35-47)42-19-10-18-41(34-42)38-14-4-3-5-15-38/h3-37H,1-2H3. The van der Waals surface area contributed by atoms with Crippen LogP contribution in [0.15, 0.2) is 212 Å². The van der Waals surface area contributed by atoms with E-state index in [1.54, 1.807) is 0 Å². The maximum absolute atomic E-state index is 2.41. The summed E-state index contributed by atoms with van der Waals surface area (Å²) in [6.07, 6.45) is 0. The Morgan fingerprint density at radius 3 is 1.61 bits per heavy atom. The average Bonchev–Trinajstić information content (AvgIpc) is 3.49. The van der Waals surface area contributed by atoms with Crippen molar-refractivity contribution in [3.8, 4) is 55.6 Å². The number of benzene rings is 9. The first-order valence-electron chi connectivity index (χ1n) is 19.5. The molecule has 0 fully saturated rings. The molecule has 0 aliphatic heterocycles. The molecule has 10 rings (SSSR count). The molecule has 1 nitrogen and oxygen atoms in total. The molecule has 0 saturated heterocycles. The van der Waals surface area contributed by atoms with Gasteiger partial charge in [-0.05, 0) is 126 Å². The van der Waals surface area contributed by atoms with Gasteiger partial charge in [0.05, 0.1) is 0 Å². The van der Waals surface area contributed by atoms with E-state index in [4.69, 9.17) is 0 Å². The molecule has 1 aliphatic carbocycles. The number of hydrogen-bond donors (Lipinski definition) is 0. The second kappa shape index (κ2) is 13.7. The first-order valence-corrected chi connectivity index (χ1v) is 19.5. The fourth-order valence-corrected chi connectivity index (χ4v) is 8.76. The summed E-state index contributed by atoms with van der Waals surface area (Å²) >= 11 is 0. The maximum atomic E-state index is 2.41. The highest BCUT2D eigenvalue weighted by Gasteiger charge is 2.35. The molecule has 0 saturated carbocycles. The Balaban J connectivity index is 1.07. The Morgan fingerprint density at radius 1 is 0.304 bits per heavy atom. The van der Waals surface area contributed by atoms with Gasteiger partial charge in [0, 0.05) is 22.5 Å². The lowest BCUT2D eigenvalue weighted by Crippen LogP contribution is -2.14. The van der Waals surface area contributed by atoms with Gasteiger partial charge in [-0.3, -0.25) is 0 Å². The molecular formula is C55H41N. The Labute approximate surface area is 329 Å². The summed E-state index contributed by atoms with van der Waals surface area (Å²) in [6, 6.07) is 77.6. The predicted octanol–water partition coefficient (Wildman–Crippen LogP) is 15.3.